The molecule has 0 aliphatic heterocycles. The molecule has 1 heterocycles. The Morgan fingerprint density at radius 1 is 1.52 bits per heavy atom. The van der Waals surface area contributed by atoms with Crippen LogP contribution in [0.3, 0.4) is 0 Å². The number of amides is 1. The predicted molar refractivity (Wildman–Crippen MR) is 79.0 cm³/mol. The smallest absolute Gasteiger partial charge is 0.207 e. The van der Waals surface area contributed by atoms with Crippen LogP contribution in [0.5, 0.6) is 0 Å². The van der Waals surface area contributed by atoms with Crippen LogP contribution in [0, 0.1) is 0 Å². The van der Waals surface area contributed by atoms with Crippen LogP contribution in [0.1, 0.15) is 12.5 Å². The lowest BCUT2D eigenvalue weighted by atomic mass is 9.87. The first-order valence-electron chi connectivity index (χ1n) is 6.17. The van der Waals surface area contributed by atoms with Crippen LogP contribution >= 0.6 is 23.2 Å². The fourth-order valence-electron chi connectivity index (χ4n) is 2.10. The molecule has 2 aromatic rings. The van der Waals surface area contributed by atoms with Crippen LogP contribution in [0.15, 0.2) is 30.9 Å². The number of carbonyl (C=O) groups is 1. The maximum atomic E-state index is 11.1. The van der Waals surface area contributed by atoms with Gasteiger partial charge in [-0.2, -0.15) is 5.10 Å². The fraction of sp³-hybridized carbons (Fsp3) is 0.308. The van der Waals surface area contributed by atoms with Crippen molar-refractivity contribution < 1.29 is 9.90 Å². The van der Waals surface area contributed by atoms with Crippen LogP contribution in [0.2, 0.25) is 10.0 Å². The Morgan fingerprint density at radius 2 is 2.29 bits per heavy atom. The summed E-state index contributed by atoms with van der Waals surface area (Å²) in [5, 5.41) is 18.4. The van der Waals surface area contributed by atoms with Crippen molar-refractivity contribution >= 4 is 29.6 Å². The van der Waals surface area contributed by atoms with Crippen molar-refractivity contribution in [1.82, 2.24) is 20.1 Å². The van der Waals surface area contributed by atoms with Gasteiger partial charge in [0.2, 0.25) is 6.41 Å². The Morgan fingerprint density at radius 3 is 2.86 bits per heavy atom. The second kappa shape index (κ2) is 6.43. The number of hydrogen-bond acceptors (Lipinski definition) is 4. The minimum absolute atomic E-state index is 0.0797. The van der Waals surface area contributed by atoms with Gasteiger partial charge in [-0.15, -0.1) is 0 Å². The first-order chi connectivity index (χ1) is 9.97. The zero-order valence-corrected chi connectivity index (χ0v) is 12.7. The third kappa shape index (κ3) is 3.34. The van der Waals surface area contributed by atoms with E-state index in [0.29, 0.717) is 22.0 Å². The minimum Gasteiger partial charge on any atom is -0.381 e. The molecule has 0 saturated carbocycles. The number of aromatic nitrogens is 3. The van der Waals surface area contributed by atoms with Crippen molar-refractivity contribution in [2.45, 2.75) is 25.1 Å². The van der Waals surface area contributed by atoms with Crippen LogP contribution in [-0.4, -0.2) is 32.3 Å². The molecule has 21 heavy (non-hydrogen) atoms. The van der Waals surface area contributed by atoms with Crippen molar-refractivity contribution in [3.63, 3.8) is 0 Å². The molecule has 2 atom stereocenters. The van der Waals surface area contributed by atoms with Gasteiger partial charge in [0.1, 0.15) is 18.3 Å². The Balaban J connectivity index is 2.46. The summed E-state index contributed by atoms with van der Waals surface area (Å²) in [6, 6.07) is 4.20. The number of aliphatic hydroxyl groups is 1. The summed E-state index contributed by atoms with van der Waals surface area (Å²) >= 11 is 12.1. The first kappa shape index (κ1) is 15.8. The van der Waals surface area contributed by atoms with Gasteiger partial charge >= 0.3 is 0 Å². The molecular formula is C13H14Cl2N4O2. The summed E-state index contributed by atoms with van der Waals surface area (Å²) in [6.07, 6.45) is 3.37. The van der Waals surface area contributed by atoms with E-state index in [1.165, 1.54) is 17.3 Å². The molecule has 0 spiro atoms. The second-order valence-corrected chi connectivity index (χ2v) is 5.49. The Labute approximate surface area is 131 Å². The zero-order valence-electron chi connectivity index (χ0n) is 11.2. The molecule has 1 aromatic heterocycles. The summed E-state index contributed by atoms with van der Waals surface area (Å²) in [5.41, 5.74) is -1.01. The van der Waals surface area contributed by atoms with Gasteiger partial charge < -0.3 is 10.4 Å². The molecule has 0 unspecified atom stereocenters. The van der Waals surface area contributed by atoms with Gasteiger partial charge in [0.05, 0.1) is 12.6 Å². The van der Waals surface area contributed by atoms with E-state index in [9.17, 15) is 9.90 Å². The molecule has 1 amide bonds. The molecule has 0 aliphatic rings. The van der Waals surface area contributed by atoms with E-state index in [4.69, 9.17) is 23.2 Å². The molecule has 0 bridgehead atoms. The van der Waals surface area contributed by atoms with E-state index < -0.39 is 11.6 Å². The topological polar surface area (TPSA) is 80.0 Å². The highest BCUT2D eigenvalue weighted by Crippen LogP contribution is 2.34. The predicted octanol–water partition coefficient (Wildman–Crippen LogP) is 1.61. The van der Waals surface area contributed by atoms with E-state index in [0.717, 1.165) is 0 Å². The number of benzene rings is 1. The maximum absolute atomic E-state index is 11.1. The molecule has 1 aromatic carbocycles. The number of halogens is 2. The standard InChI is InChI=1S/C13H14Cl2N4O2/c1-9(17-8-20)13(21,5-19-7-16-6-18-19)11-3-2-10(14)4-12(11)15/h2-4,6-9,21H,5H2,1H3,(H,17,20)/t9-,13-/m1/s1. The highest BCUT2D eigenvalue weighted by Gasteiger charge is 2.38. The maximum Gasteiger partial charge on any atom is 0.207 e. The lowest BCUT2D eigenvalue weighted by Gasteiger charge is -2.34. The van der Waals surface area contributed by atoms with E-state index in [1.54, 1.807) is 25.1 Å². The van der Waals surface area contributed by atoms with E-state index >= 15 is 0 Å². The third-order valence-corrected chi connectivity index (χ3v) is 3.85. The zero-order chi connectivity index (χ0) is 15.5. The highest BCUT2D eigenvalue weighted by atomic mass is 35.5. The summed E-state index contributed by atoms with van der Waals surface area (Å²) < 4.78 is 1.47. The van der Waals surface area contributed by atoms with Gasteiger partial charge in [-0.25, -0.2) is 9.67 Å². The van der Waals surface area contributed by atoms with Gasteiger partial charge in [-0.05, 0) is 19.1 Å². The summed E-state index contributed by atoms with van der Waals surface area (Å²) in [5.74, 6) is 0. The lowest BCUT2D eigenvalue weighted by molar-refractivity contribution is -0.112. The van der Waals surface area contributed by atoms with E-state index in [1.807, 2.05) is 0 Å². The highest BCUT2D eigenvalue weighted by molar-refractivity contribution is 6.35. The lowest BCUT2D eigenvalue weighted by Crippen LogP contribution is -2.49. The summed E-state index contributed by atoms with van der Waals surface area (Å²) in [4.78, 5) is 14.6. The fourth-order valence-corrected chi connectivity index (χ4v) is 2.67. The Hall–Kier alpha value is -1.63. The molecule has 0 fully saturated rings. The third-order valence-electron chi connectivity index (χ3n) is 3.30. The van der Waals surface area contributed by atoms with Gasteiger partial charge in [0.15, 0.2) is 0 Å². The van der Waals surface area contributed by atoms with Crippen molar-refractivity contribution in [1.29, 1.82) is 0 Å². The normalized spacial score (nSPS) is 15.2. The van der Waals surface area contributed by atoms with E-state index in [-0.39, 0.29) is 6.54 Å². The Kier molecular flexibility index (Phi) is 4.82. The molecule has 0 radical (unpaired) electrons. The SMILES string of the molecule is C[C@@H](NC=O)[C@](O)(Cn1cncn1)c1ccc(Cl)cc1Cl. The van der Waals surface area contributed by atoms with Crippen LogP contribution in [0.25, 0.3) is 0 Å². The van der Waals surface area contributed by atoms with Crippen molar-refractivity contribution in [3.8, 4) is 0 Å². The van der Waals surface area contributed by atoms with Gasteiger partial charge in [-0.1, -0.05) is 29.3 Å². The van der Waals surface area contributed by atoms with Crippen LogP contribution in [0.4, 0.5) is 0 Å². The number of nitrogens with zero attached hydrogens (tertiary/aromatic N) is 3. The van der Waals surface area contributed by atoms with E-state index in [2.05, 4.69) is 15.4 Å². The van der Waals surface area contributed by atoms with Gasteiger partial charge in [-0.3, -0.25) is 4.79 Å². The van der Waals surface area contributed by atoms with Gasteiger partial charge in [0.25, 0.3) is 0 Å². The van der Waals surface area contributed by atoms with Crippen molar-refractivity contribution in [2.24, 2.45) is 0 Å². The van der Waals surface area contributed by atoms with Crippen molar-refractivity contribution in [3.05, 3.63) is 46.5 Å². The molecule has 6 nitrogen and oxygen atoms in total. The number of rotatable bonds is 6. The molecule has 8 heteroatoms. The molecule has 0 saturated heterocycles. The average molecular weight is 329 g/mol. The largest absolute Gasteiger partial charge is 0.381 e. The molecule has 2 rings (SSSR count). The second-order valence-electron chi connectivity index (χ2n) is 4.65. The minimum atomic E-state index is -1.46. The average Bonchev–Trinajstić information content (AvgIpc) is 2.91. The quantitative estimate of drug-likeness (QED) is 0.789. The monoisotopic (exact) mass is 328 g/mol. The van der Waals surface area contributed by atoms with Crippen molar-refractivity contribution in [2.75, 3.05) is 0 Å². The summed E-state index contributed by atoms with van der Waals surface area (Å²) in [6.45, 7) is 1.76. The summed E-state index contributed by atoms with van der Waals surface area (Å²) in [7, 11) is 0. The van der Waals surface area contributed by atoms with Crippen LogP contribution < -0.4 is 5.32 Å². The number of hydrogen-bond donors (Lipinski definition) is 2. The Bertz CT molecular complexity index is 621. The number of carbonyl (C=O) groups excluding carboxylic acids is 1. The molecule has 2 N–H and O–H groups in total. The molecular weight excluding hydrogens is 315 g/mol. The molecule has 112 valence electrons. The number of nitrogens with one attached hydrogen (secondary N) is 1. The van der Waals surface area contributed by atoms with Crippen LogP contribution in [-0.2, 0) is 16.9 Å². The molecule has 0 aliphatic carbocycles. The first-order valence-corrected chi connectivity index (χ1v) is 6.93. The van der Waals surface area contributed by atoms with Gasteiger partial charge in [0, 0.05) is 15.6 Å².